The smallest absolute Gasteiger partial charge is 0.238 e. The summed E-state index contributed by atoms with van der Waals surface area (Å²) in [7, 11) is 0. The third-order valence-corrected chi connectivity index (χ3v) is 4.55. The second kappa shape index (κ2) is 6.04. The standard InChI is InChI=1S/C20H21N3O/c1-15-8-10-17(11-9-15)22-12-13-24-20-19(14-22)16(2)23(21-20)18-6-4-3-5-7-18/h3-11H,12-14H2,1-2H3. The van der Waals surface area contributed by atoms with Gasteiger partial charge in [0.2, 0.25) is 5.88 Å². The lowest BCUT2D eigenvalue weighted by molar-refractivity contribution is 0.316. The normalized spacial score (nSPS) is 14.0. The quantitative estimate of drug-likeness (QED) is 0.718. The van der Waals surface area contributed by atoms with Crippen molar-refractivity contribution < 1.29 is 4.74 Å². The lowest BCUT2D eigenvalue weighted by Gasteiger charge is -2.22. The molecule has 0 aliphatic carbocycles. The van der Waals surface area contributed by atoms with Crippen LogP contribution in [0.4, 0.5) is 5.69 Å². The summed E-state index contributed by atoms with van der Waals surface area (Å²) < 4.78 is 7.91. The molecule has 1 aromatic heterocycles. The monoisotopic (exact) mass is 319 g/mol. The zero-order valence-corrected chi connectivity index (χ0v) is 14.1. The third kappa shape index (κ3) is 2.64. The summed E-state index contributed by atoms with van der Waals surface area (Å²) in [6, 6.07) is 18.9. The molecule has 0 radical (unpaired) electrons. The van der Waals surface area contributed by atoms with Gasteiger partial charge in [0.15, 0.2) is 0 Å². The fraction of sp³-hybridized carbons (Fsp3) is 0.250. The van der Waals surface area contributed by atoms with Gasteiger partial charge in [-0.3, -0.25) is 0 Å². The molecule has 0 bridgehead atoms. The van der Waals surface area contributed by atoms with Crippen LogP contribution in [0.25, 0.3) is 5.69 Å². The summed E-state index contributed by atoms with van der Waals surface area (Å²) in [5.41, 5.74) is 5.86. The summed E-state index contributed by atoms with van der Waals surface area (Å²) in [4.78, 5) is 2.36. The molecule has 4 rings (SSSR count). The molecule has 0 fully saturated rings. The van der Waals surface area contributed by atoms with Gasteiger partial charge < -0.3 is 9.64 Å². The van der Waals surface area contributed by atoms with Crippen LogP contribution in [-0.2, 0) is 6.54 Å². The molecule has 1 aliphatic heterocycles. The van der Waals surface area contributed by atoms with E-state index in [4.69, 9.17) is 9.84 Å². The summed E-state index contributed by atoms with van der Waals surface area (Å²) in [6.07, 6.45) is 0. The zero-order chi connectivity index (χ0) is 16.5. The van der Waals surface area contributed by atoms with Gasteiger partial charge in [-0.2, -0.15) is 0 Å². The fourth-order valence-electron chi connectivity index (χ4n) is 3.13. The van der Waals surface area contributed by atoms with Gasteiger partial charge >= 0.3 is 0 Å². The van der Waals surface area contributed by atoms with Crippen LogP contribution in [0.1, 0.15) is 16.8 Å². The number of anilines is 1. The first-order valence-electron chi connectivity index (χ1n) is 8.31. The molecule has 4 heteroatoms. The number of para-hydroxylation sites is 1. The molecule has 0 atom stereocenters. The van der Waals surface area contributed by atoms with Crippen molar-refractivity contribution in [3.63, 3.8) is 0 Å². The largest absolute Gasteiger partial charge is 0.474 e. The van der Waals surface area contributed by atoms with Crippen molar-refractivity contribution >= 4 is 5.69 Å². The Kier molecular flexibility index (Phi) is 3.73. The minimum absolute atomic E-state index is 0.645. The van der Waals surface area contributed by atoms with Gasteiger partial charge in [-0.05, 0) is 38.1 Å². The minimum atomic E-state index is 0.645. The number of hydrogen-bond donors (Lipinski definition) is 0. The van der Waals surface area contributed by atoms with E-state index in [9.17, 15) is 0 Å². The maximum absolute atomic E-state index is 5.93. The van der Waals surface area contributed by atoms with Crippen LogP contribution in [0, 0.1) is 13.8 Å². The molecule has 122 valence electrons. The highest BCUT2D eigenvalue weighted by molar-refractivity contribution is 5.50. The first-order chi connectivity index (χ1) is 11.7. The van der Waals surface area contributed by atoms with Gasteiger partial charge in [0.25, 0.3) is 0 Å². The highest BCUT2D eigenvalue weighted by Crippen LogP contribution is 2.29. The van der Waals surface area contributed by atoms with Crippen LogP contribution in [0.3, 0.4) is 0 Å². The molecule has 0 N–H and O–H groups in total. The Bertz CT molecular complexity index is 837. The molecule has 0 unspecified atom stereocenters. The molecule has 0 amide bonds. The molecule has 24 heavy (non-hydrogen) atoms. The summed E-state index contributed by atoms with van der Waals surface area (Å²) in [5.74, 6) is 0.756. The van der Waals surface area contributed by atoms with E-state index in [1.165, 1.54) is 11.3 Å². The summed E-state index contributed by atoms with van der Waals surface area (Å²) in [5, 5.41) is 4.69. The lowest BCUT2D eigenvalue weighted by Crippen LogP contribution is -2.25. The van der Waals surface area contributed by atoms with Crippen molar-refractivity contribution in [2.45, 2.75) is 20.4 Å². The van der Waals surface area contributed by atoms with Gasteiger partial charge in [-0.25, -0.2) is 4.68 Å². The van der Waals surface area contributed by atoms with Crippen molar-refractivity contribution in [3.05, 3.63) is 71.4 Å². The van der Waals surface area contributed by atoms with Crippen LogP contribution in [-0.4, -0.2) is 22.9 Å². The Morgan fingerprint density at radius 2 is 1.67 bits per heavy atom. The van der Waals surface area contributed by atoms with Gasteiger partial charge in [-0.15, -0.1) is 5.10 Å². The number of rotatable bonds is 2. The third-order valence-electron chi connectivity index (χ3n) is 4.55. The SMILES string of the molecule is Cc1ccc(N2CCOc3nn(-c4ccccc4)c(C)c3C2)cc1. The lowest BCUT2D eigenvalue weighted by atomic mass is 10.2. The molecule has 0 saturated heterocycles. The Labute approximate surface area is 142 Å². The molecule has 2 aromatic carbocycles. The van der Waals surface area contributed by atoms with Gasteiger partial charge in [0, 0.05) is 5.69 Å². The maximum atomic E-state index is 5.93. The van der Waals surface area contributed by atoms with Crippen LogP contribution in [0.5, 0.6) is 5.88 Å². The summed E-state index contributed by atoms with van der Waals surface area (Å²) in [6.45, 7) is 6.55. The van der Waals surface area contributed by atoms with E-state index in [2.05, 4.69) is 55.1 Å². The Morgan fingerprint density at radius 3 is 2.42 bits per heavy atom. The Balaban J connectivity index is 1.70. The van der Waals surface area contributed by atoms with Gasteiger partial charge in [-0.1, -0.05) is 35.9 Å². The molecule has 0 spiro atoms. The number of aryl methyl sites for hydroxylation is 1. The number of hydrogen-bond acceptors (Lipinski definition) is 3. The number of benzene rings is 2. The highest BCUT2D eigenvalue weighted by atomic mass is 16.5. The van der Waals surface area contributed by atoms with Crippen LogP contribution < -0.4 is 9.64 Å². The maximum Gasteiger partial charge on any atom is 0.238 e. The van der Waals surface area contributed by atoms with E-state index in [0.717, 1.165) is 35.9 Å². The zero-order valence-electron chi connectivity index (χ0n) is 14.1. The second-order valence-electron chi connectivity index (χ2n) is 6.22. The average Bonchev–Trinajstić information content (AvgIpc) is 2.79. The van der Waals surface area contributed by atoms with Crippen molar-refractivity contribution in [2.75, 3.05) is 18.1 Å². The van der Waals surface area contributed by atoms with E-state index in [0.29, 0.717) is 6.61 Å². The number of fused-ring (bicyclic) bond motifs is 1. The van der Waals surface area contributed by atoms with Crippen LogP contribution in [0.15, 0.2) is 54.6 Å². The van der Waals surface area contributed by atoms with Crippen molar-refractivity contribution in [1.29, 1.82) is 0 Å². The molecule has 2 heterocycles. The van der Waals surface area contributed by atoms with Crippen LogP contribution in [0.2, 0.25) is 0 Å². The molecule has 3 aromatic rings. The first kappa shape index (κ1) is 14.8. The fourth-order valence-corrected chi connectivity index (χ4v) is 3.13. The average molecular weight is 319 g/mol. The Hall–Kier alpha value is -2.75. The highest BCUT2D eigenvalue weighted by Gasteiger charge is 2.23. The van der Waals surface area contributed by atoms with Crippen molar-refractivity contribution in [2.24, 2.45) is 0 Å². The van der Waals surface area contributed by atoms with Gasteiger partial charge in [0.1, 0.15) is 6.61 Å². The topological polar surface area (TPSA) is 30.3 Å². The first-order valence-corrected chi connectivity index (χ1v) is 8.31. The molecular weight excluding hydrogens is 298 g/mol. The van der Waals surface area contributed by atoms with Crippen molar-refractivity contribution in [3.8, 4) is 11.6 Å². The number of ether oxygens (including phenoxy) is 1. The van der Waals surface area contributed by atoms with Gasteiger partial charge in [0.05, 0.1) is 30.0 Å². The number of nitrogens with zero attached hydrogens (tertiary/aromatic N) is 3. The second-order valence-corrected chi connectivity index (χ2v) is 6.22. The van der Waals surface area contributed by atoms with Crippen LogP contribution >= 0.6 is 0 Å². The van der Waals surface area contributed by atoms with E-state index in [1.807, 2.05) is 22.9 Å². The molecule has 1 aliphatic rings. The predicted molar refractivity (Wildman–Crippen MR) is 96.0 cm³/mol. The van der Waals surface area contributed by atoms with E-state index < -0.39 is 0 Å². The molecule has 0 saturated carbocycles. The van der Waals surface area contributed by atoms with E-state index >= 15 is 0 Å². The van der Waals surface area contributed by atoms with E-state index in [1.54, 1.807) is 0 Å². The summed E-state index contributed by atoms with van der Waals surface area (Å²) >= 11 is 0. The molecule has 4 nitrogen and oxygen atoms in total. The predicted octanol–water partition coefficient (Wildman–Crippen LogP) is 3.89. The Morgan fingerprint density at radius 1 is 0.917 bits per heavy atom. The molecular formula is C20H21N3O. The van der Waals surface area contributed by atoms with Crippen molar-refractivity contribution in [1.82, 2.24) is 9.78 Å². The van der Waals surface area contributed by atoms with E-state index in [-0.39, 0.29) is 0 Å². The number of aromatic nitrogens is 2. The minimum Gasteiger partial charge on any atom is -0.474 e.